The maximum Gasteiger partial charge on any atom is 0.165 e. The van der Waals surface area contributed by atoms with Crippen LogP contribution in [0.5, 0.6) is 5.75 Å². The lowest BCUT2D eigenvalue weighted by Crippen LogP contribution is -2.08. The van der Waals surface area contributed by atoms with E-state index in [4.69, 9.17) is 4.74 Å². The van der Waals surface area contributed by atoms with Crippen LogP contribution in [-0.2, 0) is 0 Å². The number of carbonyl (C=O) groups excluding carboxylic acids is 1. The van der Waals surface area contributed by atoms with Gasteiger partial charge in [0.1, 0.15) is 17.4 Å². The lowest BCUT2D eigenvalue weighted by atomic mass is 10.1. The van der Waals surface area contributed by atoms with Crippen LogP contribution in [0.15, 0.2) is 18.2 Å². The third kappa shape index (κ3) is 1.99. The molecule has 5 nitrogen and oxygen atoms in total. The van der Waals surface area contributed by atoms with E-state index in [2.05, 4.69) is 10.1 Å². The van der Waals surface area contributed by atoms with Crippen molar-refractivity contribution in [2.75, 3.05) is 7.11 Å². The zero-order chi connectivity index (χ0) is 13.3. The van der Waals surface area contributed by atoms with E-state index in [0.717, 1.165) is 5.82 Å². The number of rotatable bonds is 3. The molecule has 0 amide bonds. The number of aromatic nitrogens is 3. The molecule has 0 aliphatic carbocycles. The minimum Gasteiger partial charge on any atom is -0.496 e. The summed E-state index contributed by atoms with van der Waals surface area (Å²) in [6, 6.07) is 5.43. The molecule has 0 aliphatic heterocycles. The summed E-state index contributed by atoms with van der Waals surface area (Å²) in [7, 11) is 1.55. The van der Waals surface area contributed by atoms with Crippen molar-refractivity contribution in [3.8, 4) is 11.4 Å². The van der Waals surface area contributed by atoms with Crippen LogP contribution in [-0.4, -0.2) is 27.7 Å². The smallest absolute Gasteiger partial charge is 0.165 e. The van der Waals surface area contributed by atoms with Crippen LogP contribution in [0.2, 0.25) is 0 Å². The average molecular weight is 245 g/mol. The Morgan fingerprint density at radius 3 is 2.56 bits per heavy atom. The van der Waals surface area contributed by atoms with Crippen molar-refractivity contribution in [1.82, 2.24) is 14.8 Å². The maximum absolute atomic E-state index is 11.8. The summed E-state index contributed by atoms with van der Waals surface area (Å²) in [5.41, 5.74) is 1.22. The second-order valence-corrected chi connectivity index (χ2v) is 4.03. The number of ketones is 1. The van der Waals surface area contributed by atoms with Crippen LogP contribution in [0.4, 0.5) is 0 Å². The standard InChI is InChI=1S/C13H15N3O2/c1-8(17)13-11(6-5-7-12(13)18-4)16-10(3)14-9(2)15-16/h5-7H,1-4H3. The third-order valence-corrected chi connectivity index (χ3v) is 2.68. The quantitative estimate of drug-likeness (QED) is 0.777. The minimum absolute atomic E-state index is 0.0602. The monoisotopic (exact) mass is 245 g/mol. The summed E-state index contributed by atoms with van der Waals surface area (Å²) in [5.74, 6) is 1.90. The Hall–Kier alpha value is -2.17. The molecule has 0 N–H and O–H groups in total. The van der Waals surface area contributed by atoms with Crippen LogP contribution in [0, 0.1) is 13.8 Å². The highest BCUT2D eigenvalue weighted by atomic mass is 16.5. The first-order chi connectivity index (χ1) is 8.54. The van der Waals surface area contributed by atoms with E-state index >= 15 is 0 Å². The molecule has 0 spiro atoms. The van der Waals surface area contributed by atoms with Crippen LogP contribution in [0.25, 0.3) is 5.69 Å². The lowest BCUT2D eigenvalue weighted by molar-refractivity contribution is 0.101. The van der Waals surface area contributed by atoms with Gasteiger partial charge in [-0.15, -0.1) is 0 Å². The van der Waals surface area contributed by atoms with Gasteiger partial charge >= 0.3 is 0 Å². The Labute approximate surface area is 105 Å². The van der Waals surface area contributed by atoms with Gasteiger partial charge in [-0.1, -0.05) is 6.07 Å². The second-order valence-electron chi connectivity index (χ2n) is 4.03. The number of nitrogens with zero attached hydrogens (tertiary/aromatic N) is 3. The molecule has 2 aromatic rings. The maximum atomic E-state index is 11.8. The number of methoxy groups -OCH3 is 1. The fraction of sp³-hybridized carbons (Fsp3) is 0.308. The van der Waals surface area contributed by atoms with Crippen molar-refractivity contribution in [2.24, 2.45) is 0 Å². The van der Waals surface area contributed by atoms with E-state index < -0.39 is 0 Å². The molecule has 5 heteroatoms. The van der Waals surface area contributed by atoms with Crippen LogP contribution in [0.1, 0.15) is 28.9 Å². The van der Waals surface area contributed by atoms with E-state index in [9.17, 15) is 4.79 Å². The van der Waals surface area contributed by atoms with Crippen molar-refractivity contribution in [1.29, 1.82) is 0 Å². The molecule has 1 aromatic heterocycles. The normalized spacial score (nSPS) is 10.4. The highest BCUT2D eigenvalue weighted by Crippen LogP contribution is 2.26. The summed E-state index contributed by atoms with van der Waals surface area (Å²) in [6.45, 7) is 5.18. The SMILES string of the molecule is COc1cccc(-n2nc(C)nc2C)c1C(C)=O. The summed E-state index contributed by atoms with van der Waals surface area (Å²) >= 11 is 0. The number of hydrogen-bond acceptors (Lipinski definition) is 4. The van der Waals surface area contributed by atoms with Gasteiger partial charge in [0.2, 0.25) is 0 Å². The third-order valence-electron chi connectivity index (χ3n) is 2.68. The molecule has 0 saturated heterocycles. The number of ether oxygens (including phenoxy) is 1. The molecule has 1 aromatic carbocycles. The van der Waals surface area contributed by atoms with E-state index in [1.165, 1.54) is 6.92 Å². The number of benzene rings is 1. The highest BCUT2D eigenvalue weighted by molar-refractivity contribution is 6.00. The highest BCUT2D eigenvalue weighted by Gasteiger charge is 2.17. The van der Waals surface area contributed by atoms with Crippen molar-refractivity contribution in [2.45, 2.75) is 20.8 Å². The van der Waals surface area contributed by atoms with Crippen molar-refractivity contribution >= 4 is 5.78 Å². The zero-order valence-corrected chi connectivity index (χ0v) is 10.9. The molecule has 0 atom stereocenters. The summed E-state index contributed by atoms with van der Waals surface area (Å²) in [5, 5.41) is 4.30. The van der Waals surface area contributed by atoms with Gasteiger partial charge in [-0.05, 0) is 32.9 Å². The number of carbonyl (C=O) groups is 1. The van der Waals surface area contributed by atoms with Crippen LogP contribution < -0.4 is 4.74 Å². The average Bonchev–Trinajstić information content (AvgIpc) is 2.67. The predicted molar refractivity (Wildman–Crippen MR) is 67.4 cm³/mol. The molecular weight excluding hydrogens is 230 g/mol. The van der Waals surface area contributed by atoms with Crippen LogP contribution in [0.3, 0.4) is 0 Å². The first-order valence-corrected chi connectivity index (χ1v) is 5.63. The van der Waals surface area contributed by atoms with Crippen molar-refractivity contribution in [3.63, 3.8) is 0 Å². The van der Waals surface area contributed by atoms with E-state index in [1.54, 1.807) is 17.9 Å². The van der Waals surface area contributed by atoms with Crippen LogP contribution >= 0.6 is 0 Å². The molecular formula is C13H15N3O2. The van der Waals surface area contributed by atoms with Gasteiger partial charge in [-0.3, -0.25) is 4.79 Å². The Morgan fingerprint density at radius 2 is 2.06 bits per heavy atom. The Kier molecular flexibility index (Phi) is 3.14. The topological polar surface area (TPSA) is 57.0 Å². The molecule has 0 bridgehead atoms. The van der Waals surface area contributed by atoms with Gasteiger partial charge in [-0.2, -0.15) is 5.10 Å². The molecule has 94 valence electrons. The molecule has 0 radical (unpaired) electrons. The first kappa shape index (κ1) is 12.3. The number of aryl methyl sites for hydroxylation is 2. The van der Waals surface area contributed by atoms with E-state index in [-0.39, 0.29) is 5.78 Å². The fourth-order valence-electron chi connectivity index (χ4n) is 1.97. The summed E-state index contributed by atoms with van der Waals surface area (Å²) < 4.78 is 6.89. The van der Waals surface area contributed by atoms with Gasteiger partial charge in [0, 0.05) is 0 Å². The van der Waals surface area contributed by atoms with Gasteiger partial charge in [0.05, 0.1) is 18.4 Å². The first-order valence-electron chi connectivity index (χ1n) is 5.63. The fourth-order valence-corrected chi connectivity index (χ4v) is 1.97. The Morgan fingerprint density at radius 1 is 1.33 bits per heavy atom. The molecule has 2 rings (SSSR count). The Bertz CT molecular complexity index is 602. The molecule has 1 heterocycles. The van der Waals surface area contributed by atoms with Gasteiger partial charge < -0.3 is 4.74 Å². The predicted octanol–water partition coefficient (Wildman–Crippen LogP) is 2.10. The second kappa shape index (κ2) is 4.60. The number of hydrogen-bond donors (Lipinski definition) is 0. The molecule has 0 saturated carbocycles. The summed E-state index contributed by atoms with van der Waals surface area (Å²) in [6.07, 6.45) is 0. The lowest BCUT2D eigenvalue weighted by Gasteiger charge is -2.11. The van der Waals surface area contributed by atoms with Gasteiger partial charge in [0.25, 0.3) is 0 Å². The molecule has 0 fully saturated rings. The zero-order valence-electron chi connectivity index (χ0n) is 10.9. The molecule has 18 heavy (non-hydrogen) atoms. The Balaban J connectivity index is 2.71. The van der Waals surface area contributed by atoms with Gasteiger partial charge in [-0.25, -0.2) is 9.67 Å². The number of Topliss-reactive ketones (excluding diaryl/α,β-unsaturated/α-hetero) is 1. The van der Waals surface area contributed by atoms with Gasteiger partial charge in [0.15, 0.2) is 5.78 Å². The summed E-state index contributed by atoms with van der Waals surface area (Å²) in [4.78, 5) is 16.0. The van der Waals surface area contributed by atoms with E-state index in [0.29, 0.717) is 22.8 Å². The molecule has 0 aliphatic rings. The molecule has 0 unspecified atom stereocenters. The van der Waals surface area contributed by atoms with Crippen molar-refractivity contribution < 1.29 is 9.53 Å². The largest absolute Gasteiger partial charge is 0.496 e. The van der Waals surface area contributed by atoms with Crippen molar-refractivity contribution in [3.05, 3.63) is 35.4 Å². The van der Waals surface area contributed by atoms with E-state index in [1.807, 2.05) is 26.0 Å². The minimum atomic E-state index is -0.0602.